The van der Waals surface area contributed by atoms with Gasteiger partial charge >= 0.3 is 0 Å². The van der Waals surface area contributed by atoms with Gasteiger partial charge in [-0.25, -0.2) is 0 Å². The van der Waals surface area contributed by atoms with Crippen LogP contribution in [0.15, 0.2) is 24.3 Å². The average Bonchev–Trinajstić information content (AvgIpc) is 2.84. The molecular formula is C18H25N3O2. The lowest BCUT2D eigenvalue weighted by atomic mass is 9.95. The molecule has 5 nitrogen and oxygen atoms in total. The number of hydrogen-bond acceptors (Lipinski definition) is 3. The summed E-state index contributed by atoms with van der Waals surface area (Å²) in [6, 6.07) is 7.67. The van der Waals surface area contributed by atoms with Crippen molar-refractivity contribution >= 4 is 5.91 Å². The lowest BCUT2D eigenvalue weighted by molar-refractivity contribution is -0.121. The summed E-state index contributed by atoms with van der Waals surface area (Å²) in [6.45, 7) is 8.14. The van der Waals surface area contributed by atoms with Crippen LogP contribution in [0.5, 0.6) is 0 Å². The van der Waals surface area contributed by atoms with E-state index in [0.29, 0.717) is 6.42 Å². The average molecular weight is 315 g/mol. The first-order valence-corrected chi connectivity index (χ1v) is 7.91. The van der Waals surface area contributed by atoms with E-state index in [1.807, 2.05) is 52.0 Å². The predicted molar refractivity (Wildman–Crippen MR) is 90.2 cm³/mol. The Bertz CT molecular complexity index is 642. The Labute approximate surface area is 137 Å². The van der Waals surface area contributed by atoms with Gasteiger partial charge in [-0.05, 0) is 37.8 Å². The van der Waals surface area contributed by atoms with Crippen LogP contribution >= 0.6 is 0 Å². The van der Waals surface area contributed by atoms with Crippen molar-refractivity contribution in [2.75, 3.05) is 6.54 Å². The van der Waals surface area contributed by atoms with Gasteiger partial charge in [0.05, 0.1) is 11.8 Å². The second-order valence-corrected chi connectivity index (χ2v) is 6.18. The summed E-state index contributed by atoms with van der Waals surface area (Å²) < 4.78 is 0. The number of rotatable bonds is 6. The molecule has 0 aliphatic rings. The molecule has 5 heteroatoms. The van der Waals surface area contributed by atoms with E-state index in [0.717, 1.165) is 28.1 Å². The van der Waals surface area contributed by atoms with Crippen molar-refractivity contribution in [1.29, 1.82) is 0 Å². The number of carbonyl (C=O) groups excluding carboxylic acids is 1. The van der Waals surface area contributed by atoms with E-state index in [1.54, 1.807) is 0 Å². The van der Waals surface area contributed by atoms with Crippen LogP contribution in [0.2, 0.25) is 0 Å². The van der Waals surface area contributed by atoms with Gasteiger partial charge in [0.15, 0.2) is 0 Å². The van der Waals surface area contributed by atoms with Crippen LogP contribution in [0.3, 0.4) is 0 Å². The molecule has 1 aromatic carbocycles. The molecule has 2 atom stereocenters. The number of H-pyrrole nitrogens is 1. The lowest BCUT2D eigenvalue weighted by Gasteiger charge is -2.15. The summed E-state index contributed by atoms with van der Waals surface area (Å²) in [5, 5.41) is 20.1. The zero-order valence-electron chi connectivity index (χ0n) is 14.2. The second kappa shape index (κ2) is 7.42. The van der Waals surface area contributed by atoms with Gasteiger partial charge in [-0.3, -0.25) is 9.89 Å². The Kier molecular flexibility index (Phi) is 5.55. The van der Waals surface area contributed by atoms with Gasteiger partial charge in [0.25, 0.3) is 0 Å². The third-order valence-corrected chi connectivity index (χ3v) is 4.12. The molecule has 1 heterocycles. The molecule has 2 rings (SSSR count). The molecule has 0 saturated carbocycles. The Hall–Kier alpha value is -2.14. The zero-order chi connectivity index (χ0) is 17.0. The minimum Gasteiger partial charge on any atom is -0.387 e. The normalized spacial score (nSPS) is 13.6. The molecule has 124 valence electrons. The first-order chi connectivity index (χ1) is 10.9. The molecule has 0 fully saturated rings. The first kappa shape index (κ1) is 17.2. The number of amides is 1. The van der Waals surface area contributed by atoms with Crippen LogP contribution in [0.4, 0.5) is 0 Å². The molecule has 1 aromatic heterocycles. The van der Waals surface area contributed by atoms with Crippen LogP contribution in [0.25, 0.3) is 0 Å². The fraction of sp³-hybridized carbons (Fsp3) is 0.444. The van der Waals surface area contributed by atoms with Gasteiger partial charge in [0.1, 0.15) is 0 Å². The van der Waals surface area contributed by atoms with Gasteiger partial charge in [0, 0.05) is 18.7 Å². The number of hydrogen-bond donors (Lipinski definition) is 3. The summed E-state index contributed by atoms with van der Waals surface area (Å²) in [7, 11) is 0. The fourth-order valence-electron chi connectivity index (χ4n) is 2.85. The zero-order valence-corrected chi connectivity index (χ0v) is 14.2. The number of aliphatic hydroxyl groups excluding tert-OH is 1. The smallest absolute Gasteiger partial charge is 0.220 e. The van der Waals surface area contributed by atoms with Crippen molar-refractivity contribution in [3.8, 4) is 0 Å². The van der Waals surface area contributed by atoms with E-state index in [1.165, 1.54) is 0 Å². The highest BCUT2D eigenvalue weighted by Crippen LogP contribution is 2.24. The summed E-state index contributed by atoms with van der Waals surface area (Å²) in [5.41, 5.74) is 4.99. The van der Waals surface area contributed by atoms with Crippen LogP contribution in [0, 0.1) is 20.8 Å². The van der Waals surface area contributed by atoms with Crippen molar-refractivity contribution in [1.82, 2.24) is 15.5 Å². The molecule has 2 unspecified atom stereocenters. The molecule has 0 radical (unpaired) electrons. The highest BCUT2D eigenvalue weighted by Gasteiger charge is 2.18. The fourth-order valence-corrected chi connectivity index (χ4v) is 2.85. The number of aromatic nitrogens is 2. The highest BCUT2D eigenvalue weighted by molar-refractivity contribution is 5.77. The van der Waals surface area contributed by atoms with Crippen LogP contribution in [-0.4, -0.2) is 27.8 Å². The molecule has 3 N–H and O–H groups in total. The maximum atomic E-state index is 12.1. The second-order valence-electron chi connectivity index (χ2n) is 6.18. The van der Waals surface area contributed by atoms with E-state index in [9.17, 15) is 9.90 Å². The van der Waals surface area contributed by atoms with Crippen molar-refractivity contribution in [2.24, 2.45) is 0 Å². The molecule has 0 aliphatic heterocycles. The van der Waals surface area contributed by atoms with E-state index >= 15 is 0 Å². The minimum absolute atomic E-state index is 0.0661. The number of aliphatic hydroxyl groups is 1. The first-order valence-electron chi connectivity index (χ1n) is 7.91. The number of carbonyl (C=O) groups is 1. The largest absolute Gasteiger partial charge is 0.387 e. The number of aryl methyl sites for hydroxylation is 3. The lowest BCUT2D eigenvalue weighted by Crippen LogP contribution is -2.29. The Balaban J connectivity index is 1.86. The standard InChI is InChI=1S/C18H25N3O2/c1-11-5-7-15(8-6-11)16(22)10-19-17(23)9-12(2)18-13(3)20-21-14(18)4/h5-8,12,16,22H,9-10H2,1-4H3,(H,19,23)(H,20,21). The van der Waals surface area contributed by atoms with Gasteiger partial charge in [-0.1, -0.05) is 36.8 Å². The third-order valence-electron chi connectivity index (χ3n) is 4.12. The van der Waals surface area contributed by atoms with E-state index in [-0.39, 0.29) is 18.4 Å². The number of nitrogens with zero attached hydrogens (tertiary/aromatic N) is 1. The van der Waals surface area contributed by atoms with Crippen LogP contribution in [-0.2, 0) is 4.79 Å². The summed E-state index contributed by atoms with van der Waals surface area (Å²) >= 11 is 0. The number of aromatic amines is 1. The van der Waals surface area contributed by atoms with Gasteiger partial charge < -0.3 is 10.4 Å². The third kappa shape index (κ3) is 4.42. The molecule has 0 bridgehead atoms. The van der Waals surface area contributed by atoms with Gasteiger partial charge in [-0.2, -0.15) is 5.10 Å². The summed E-state index contributed by atoms with van der Waals surface area (Å²) in [6.07, 6.45) is -0.311. The van der Waals surface area contributed by atoms with Crippen molar-refractivity contribution in [2.45, 2.75) is 46.1 Å². The van der Waals surface area contributed by atoms with Crippen molar-refractivity contribution in [3.05, 3.63) is 52.3 Å². The quantitative estimate of drug-likeness (QED) is 0.767. The Morgan fingerprint density at radius 1 is 1.26 bits per heavy atom. The van der Waals surface area contributed by atoms with Crippen LogP contribution < -0.4 is 5.32 Å². The maximum Gasteiger partial charge on any atom is 0.220 e. The Morgan fingerprint density at radius 3 is 2.48 bits per heavy atom. The monoisotopic (exact) mass is 315 g/mol. The highest BCUT2D eigenvalue weighted by atomic mass is 16.3. The van der Waals surface area contributed by atoms with Crippen molar-refractivity contribution in [3.63, 3.8) is 0 Å². The van der Waals surface area contributed by atoms with E-state index in [2.05, 4.69) is 15.5 Å². The van der Waals surface area contributed by atoms with E-state index in [4.69, 9.17) is 0 Å². The molecule has 0 saturated heterocycles. The van der Waals surface area contributed by atoms with Gasteiger partial charge in [-0.15, -0.1) is 0 Å². The number of benzene rings is 1. The summed E-state index contributed by atoms with van der Waals surface area (Å²) in [4.78, 5) is 12.1. The molecule has 0 spiro atoms. The van der Waals surface area contributed by atoms with Gasteiger partial charge in [0.2, 0.25) is 5.91 Å². The molecule has 23 heavy (non-hydrogen) atoms. The van der Waals surface area contributed by atoms with Crippen molar-refractivity contribution < 1.29 is 9.90 Å². The predicted octanol–water partition coefficient (Wildman–Crippen LogP) is 2.68. The Morgan fingerprint density at radius 2 is 1.91 bits per heavy atom. The minimum atomic E-state index is -0.688. The maximum absolute atomic E-state index is 12.1. The summed E-state index contributed by atoms with van der Waals surface area (Å²) in [5.74, 6) is 0.0222. The van der Waals surface area contributed by atoms with E-state index < -0.39 is 6.10 Å². The SMILES string of the molecule is Cc1ccc(C(O)CNC(=O)CC(C)c2c(C)n[nH]c2C)cc1. The molecule has 2 aromatic rings. The molecule has 0 aliphatic carbocycles. The molecule has 1 amide bonds. The van der Waals surface area contributed by atoms with Crippen LogP contribution in [0.1, 0.15) is 53.4 Å². The molecular weight excluding hydrogens is 290 g/mol. The topological polar surface area (TPSA) is 78.0 Å². The number of nitrogens with one attached hydrogen (secondary N) is 2.